The van der Waals surface area contributed by atoms with Crippen molar-refractivity contribution in [2.75, 3.05) is 0 Å². The van der Waals surface area contributed by atoms with Crippen LogP contribution in [-0.2, 0) is 13.0 Å². The van der Waals surface area contributed by atoms with E-state index in [1.54, 1.807) is 10.7 Å². The maximum absolute atomic E-state index is 13.0. The Balaban J connectivity index is 2.05. The van der Waals surface area contributed by atoms with E-state index in [0.29, 0.717) is 18.8 Å². The molecular formula is C11H12ClFN4. The zero-order chi connectivity index (χ0) is 12.3. The first-order chi connectivity index (χ1) is 8.16. The Morgan fingerprint density at radius 1 is 1.47 bits per heavy atom. The van der Waals surface area contributed by atoms with Crippen LogP contribution in [0.3, 0.4) is 0 Å². The first kappa shape index (κ1) is 12.0. The van der Waals surface area contributed by atoms with Gasteiger partial charge in [-0.15, -0.1) is 16.7 Å². The molecule has 2 aromatic rings. The first-order valence-corrected chi connectivity index (χ1v) is 5.75. The van der Waals surface area contributed by atoms with Gasteiger partial charge in [-0.2, -0.15) is 0 Å². The lowest BCUT2D eigenvalue weighted by Crippen LogP contribution is -2.08. The van der Waals surface area contributed by atoms with Gasteiger partial charge in [0.05, 0.1) is 5.38 Å². The predicted molar refractivity (Wildman–Crippen MR) is 62.2 cm³/mol. The van der Waals surface area contributed by atoms with Crippen LogP contribution in [0.1, 0.15) is 23.7 Å². The van der Waals surface area contributed by atoms with E-state index >= 15 is 0 Å². The number of halogens is 2. The van der Waals surface area contributed by atoms with Gasteiger partial charge in [0.2, 0.25) is 0 Å². The third-order valence-corrected chi connectivity index (χ3v) is 2.61. The number of hydrogen-bond donors (Lipinski definition) is 0. The summed E-state index contributed by atoms with van der Waals surface area (Å²) in [5, 5.41) is 11.0. The summed E-state index contributed by atoms with van der Waals surface area (Å²) in [6.07, 6.45) is 0.666. The molecule has 2 rings (SSSR count). The van der Waals surface area contributed by atoms with Gasteiger partial charge in [-0.05, 0) is 41.5 Å². The molecule has 0 bridgehead atoms. The molecule has 0 aliphatic carbocycles. The summed E-state index contributed by atoms with van der Waals surface area (Å²) in [7, 11) is 0. The van der Waals surface area contributed by atoms with Crippen molar-refractivity contribution in [2.45, 2.75) is 25.3 Å². The Hall–Kier alpha value is -1.49. The molecule has 1 heterocycles. The summed E-state index contributed by atoms with van der Waals surface area (Å²) in [5.74, 6) is 0.396. The van der Waals surface area contributed by atoms with Gasteiger partial charge in [-0.25, -0.2) is 9.07 Å². The molecule has 0 spiro atoms. The Labute approximate surface area is 103 Å². The topological polar surface area (TPSA) is 43.6 Å². The average molecular weight is 255 g/mol. The number of aryl methyl sites for hydroxylation is 2. The summed E-state index contributed by atoms with van der Waals surface area (Å²) in [6, 6.07) is 6.49. The number of alkyl halides is 1. The number of nitrogens with zero attached hydrogens (tertiary/aromatic N) is 4. The molecule has 0 aliphatic rings. The third-order valence-electron chi connectivity index (χ3n) is 2.42. The van der Waals surface area contributed by atoms with Crippen LogP contribution >= 0.6 is 11.6 Å². The van der Waals surface area contributed by atoms with Gasteiger partial charge in [0, 0.05) is 6.54 Å². The average Bonchev–Trinajstić information content (AvgIpc) is 2.74. The van der Waals surface area contributed by atoms with Gasteiger partial charge in [0.15, 0.2) is 5.82 Å². The fourth-order valence-electron chi connectivity index (χ4n) is 1.58. The molecular weight excluding hydrogens is 243 g/mol. The Morgan fingerprint density at radius 3 is 3.00 bits per heavy atom. The van der Waals surface area contributed by atoms with Crippen LogP contribution in [0.2, 0.25) is 0 Å². The van der Waals surface area contributed by atoms with Gasteiger partial charge < -0.3 is 0 Å². The maximum Gasteiger partial charge on any atom is 0.168 e. The largest absolute Gasteiger partial charge is 0.228 e. The van der Waals surface area contributed by atoms with Crippen molar-refractivity contribution in [1.29, 1.82) is 0 Å². The summed E-state index contributed by atoms with van der Waals surface area (Å²) < 4.78 is 14.6. The lowest BCUT2D eigenvalue weighted by molar-refractivity contribution is 0.561. The lowest BCUT2D eigenvalue weighted by Gasteiger charge is -2.05. The van der Waals surface area contributed by atoms with E-state index < -0.39 is 0 Å². The van der Waals surface area contributed by atoms with Gasteiger partial charge in [0.1, 0.15) is 5.82 Å². The highest BCUT2D eigenvalue weighted by atomic mass is 35.5. The quantitative estimate of drug-likeness (QED) is 0.787. The van der Waals surface area contributed by atoms with Gasteiger partial charge in [-0.3, -0.25) is 0 Å². The van der Waals surface area contributed by atoms with Crippen molar-refractivity contribution in [3.8, 4) is 0 Å². The van der Waals surface area contributed by atoms with E-state index in [2.05, 4.69) is 15.5 Å². The summed E-state index contributed by atoms with van der Waals surface area (Å²) in [4.78, 5) is 0. The molecule has 0 fully saturated rings. The number of aromatic nitrogens is 4. The van der Waals surface area contributed by atoms with Gasteiger partial charge in [0.25, 0.3) is 0 Å². The molecule has 4 nitrogen and oxygen atoms in total. The maximum atomic E-state index is 13.0. The summed E-state index contributed by atoms with van der Waals surface area (Å²) in [5.41, 5.74) is 0.911. The minimum absolute atomic E-state index is 0.231. The monoisotopic (exact) mass is 254 g/mol. The highest BCUT2D eigenvalue weighted by Gasteiger charge is 2.11. The number of benzene rings is 1. The fraction of sp³-hybridized carbons (Fsp3) is 0.364. The fourth-order valence-corrected chi connectivity index (χ4v) is 1.74. The summed E-state index contributed by atoms with van der Waals surface area (Å²) >= 11 is 5.93. The smallest absolute Gasteiger partial charge is 0.168 e. The van der Waals surface area contributed by atoms with Crippen molar-refractivity contribution in [2.24, 2.45) is 0 Å². The van der Waals surface area contributed by atoms with Crippen LogP contribution < -0.4 is 0 Å². The van der Waals surface area contributed by atoms with Crippen LogP contribution in [-0.4, -0.2) is 20.2 Å². The molecule has 6 heteroatoms. The van der Waals surface area contributed by atoms with Crippen LogP contribution in [0.4, 0.5) is 4.39 Å². The van der Waals surface area contributed by atoms with E-state index in [1.807, 2.05) is 13.0 Å². The van der Waals surface area contributed by atoms with Crippen LogP contribution in [0.5, 0.6) is 0 Å². The van der Waals surface area contributed by atoms with E-state index in [1.165, 1.54) is 12.1 Å². The second-order valence-electron chi connectivity index (χ2n) is 3.76. The highest BCUT2D eigenvalue weighted by molar-refractivity contribution is 6.20. The van der Waals surface area contributed by atoms with Crippen molar-refractivity contribution in [1.82, 2.24) is 20.2 Å². The van der Waals surface area contributed by atoms with Crippen molar-refractivity contribution < 1.29 is 4.39 Å². The van der Waals surface area contributed by atoms with Crippen LogP contribution in [0.25, 0.3) is 0 Å². The molecule has 1 aromatic carbocycles. The van der Waals surface area contributed by atoms with E-state index in [0.717, 1.165) is 5.56 Å². The number of rotatable bonds is 4. The highest BCUT2D eigenvalue weighted by Crippen LogP contribution is 2.15. The Kier molecular flexibility index (Phi) is 3.68. The van der Waals surface area contributed by atoms with Crippen molar-refractivity contribution in [3.63, 3.8) is 0 Å². The third kappa shape index (κ3) is 3.00. The molecule has 0 aliphatic heterocycles. The predicted octanol–water partition coefficient (Wildman–Crippen LogP) is 2.35. The minimum atomic E-state index is -0.238. The zero-order valence-electron chi connectivity index (χ0n) is 9.35. The van der Waals surface area contributed by atoms with Crippen LogP contribution in [0.15, 0.2) is 24.3 Å². The first-order valence-electron chi connectivity index (χ1n) is 5.31. The van der Waals surface area contributed by atoms with Crippen LogP contribution in [0, 0.1) is 5.82 Å². The molecule has 0 N–H and O–H groups in total. The van der Waals surface area contributed by atoms with Gasteiger partial charge >= 0.3 is 0 Å². The number of tetrazole rings is 1. The molecule has 1 atom stereocenters. The Morgan fingerprint density at radius 2 is 2.29 bits per heavy atom. The van der Waals surface area contributed by atoms with E-state index in [4.69, 9.17) is 11.6 Å². The molecule has 0 saturated heterocycles. The molecule has 0 saturated carbocycles. The van der Waals surface area contributed by atoms with Crippen molar-refractivity contribution >= 4 is 11.6 Å². The van der Waals surface area contributed by atoms with E-state index in [-0.39, 0.29) is 11.2 Å². The normalized spacial score (nSPS) is 12.6. The molecule has 0 radical (unpaired) electrons. The second-order valence-corrected chi connectivity index (χ2v) is 4.41. The standard InChI is InChI=1S/C11H12ClFN4/c1-8(12)11-14-15-16-17(11)6-5-9-3-2-4-10(13)7-9/h2-4,7-8H,5-6H2,1H3. The molecule has 1 unspecified atom stereocenters. The Bertz CT molecular complexity index is 498. The zero-order valence-corrected chi connectivity index (χ0v) is 10.1. The lowest BCUT2D eigenvalue weighted by atomic mass is 10.1. The number of hydrogen-bond acceptors (Lipinski definition) is 3. The second kappa shape index (κ2) is 5.23. The molecule has 17 heavy (non-hydrogen) atoms. The minimum Gasteiger partial charge on any atom is -0.228 e. The van der Waals surface area contributed by atoms with E-state index in [9.17, 15) is 4.39 Å². The van der Waals surface area contributed by atoms with Gasteiger partial charge in [-0.1, -0.05) is 12.1 Å². The SMILES string of the molecule is CC(Cl)c1nnnn1CCc1cccc(F)c1. The van der Waals surface area contributed by atoms with Crippen molar-refractivity contribution in [3.05, 3.63) is 41.5 Å². The molecule has 0 amide bonds. The molecule has 1 aromatic heterocycles. The summed E-state index contributed by atoms with van der Waals surface area (Å²) in [6.45, 7) is 2.40. The molecule has 90 valence electrons.